The van der Waals surface area contributed by atoms with Crippen molar-refractivity contribution in [2.24, 2.45) is 5.84 Å². The average molecular weight is 359 g/mol. The molecule has 0 amide bonds. The largest absolute Gasteiger partial charge is 0.398 e. The van der Waals surface area contributed by atoms with E-state index in [2.05, 4.69) is 21.4 Å². The van der Waals surface area contributed by atoms with E-state index in [0.29, 0.717) is 27.2 Å². The quantitative estimate of drug-likeness (QED) is 0.445. The van der Waals surface area contributed by atoms with E-state index in [1.54, 1.807) is 30.3 Å². The van der Waals surface area contributed by atoms with Crippen LogP contribution in [0.25, 0.3) is 0 Å². The Labute approximate surface area is 130 Å². The lowest BCUT2D eigenvalue weighted by molar-refractivity contribution is 0.530. The van der Waals surface area contributed by atoms with E-state index in [0.717, 1.165) is 5.56 Å². The van der Waals surface area contributed by atoms with Gasteiger partial charge in [-0.05, 0) is 41.8 Å². The SMILES string of the molecule is NNC(Cc1ccc(Br)cc1F)c1ccc(Cl)cc1N. The summed E-state index contributed by atoms with van der Waals surface area (Å²) >= 11 is 9.10. The maximum Gasteiger partial charge on any atom is 0.127 e. The number of hydrazine groups is 1. The van der Waals surface area contributed by atoms with Gasteiger partial charge in [-0.25, -0.2) is 4.39 Å². The molecule has 106 valence electrons. The predicted octanol–water partition coefficient (Wildman–Crippen LogP) is 3.57. The zero-order chi connectivity index (χ0) is 14.7. The third-order valence-corrected chi connectivity index (χ3v) is 3.79. The molecule has 0 aromatic heterocycles. The molecule has 0 saturated heterocycles. The van der Waals surface area contributed by atoms with Crippen molar-refractivity contribution in [3.63, 3.8) is 0 Å². The standard InChI is InChI=1S/C14H14BrClFN3/c15-9-2-1-8(12(17)6-9)5-14(20-19)11-4-3-10(16)7-13(11)18/h1-4,6-7,14,20H,5,18-19H2. The van der Waals surface area contributed by atoms with Gasteiger partial charge in [-0.15, -0.1) is 0 Å². The minimum absolute atomic E-state index is 0.285. The van der Waals surface area contributed by atoms with Crippen LogP contribution >= 0.6 is 27.5 Å². The van der Waals surface area contributed by atoms with Gasteiger partial charge in [0.1, 0.15) is 5.82 Å². The number of rotatable bonds is 4. The van der Waals surface area contributed by atoms with Crippen LogP contribution < -0.4 is 17.0 Å². The van der Waals surface area contributed by atoms with Crippen LogP contribution in [0.2, 0.25) is 5.02 Å². The zero-order valence-electron chi connectivity index (χ0n) is 10.5. The molecule has 6 heteroatoms. The Bertz CT molecular complexity index is 621. The number of benzene rings is 2. The Morgan fingerprint density at radius 3 is 2.60 bits per heavy atom. The van der Waals surface area contributed by atoms with Crippen molar-refractivity contribution >= 4 is 33.2 Å². The highest BCUT2D eigenvalue weighted by atomic mass is 79.9. The summed E-state index contributed by atoms with van der Waals surface area (Å²) in [5.74, 6) is 5.28. The number of hydrogen-bond acceptors (Lipinski definition) is 3. The molecule has 0 spiro atoms. The first-order chi connectivity index (χ1) is 9.51. The van der Waals surface area contributed by atoms with E-state index in [4.69, 9.17) is 23.2 Å². The normalized spacial score (nSPS) is 12.4. The van der Waals surface area contributed by atoms with Crippen LogP contribution in [-0.2, 0) is 6.42 Å². The summed E-state index contributed by atoms with van der Waals surface area (Å²) < 4.78 is 14.6. The molecule has 3 nitrogen and oxygen atoms in total. The van der Waals surface area contributed by atoms with Gasteiger partial charge in [-0.3, -0.25) is 11.3 Å². The molecule has 2 aromatic carbocycles. The lowest BCUT2D eigenvalue weighted by atomic mass is 9.98. The van der Waals surface area contributed by atoms with Gasteiger partial charge < -0.3 is 5.73 Å². The molecule has 0 heterocycles. The van der Waals surface area contributed by atoms with Gasteiger partial charge in [0.25, 0.3) is 0 Å². The molecule has 5 N–H and O–H groups in total. The van der Waals surface area contributed by atoms with Crippen molar-refractivity contribution in [2.45, 2.75) is 12.5 Å². The van der Waals surface area contributed by atoms with E-state index >= 15 is 0 Å². The summed E-state index contributed by atoms with van der Waals surface area (Å²) in [5.41, 5.74) is 10.5. The Morgan fingerprint density at radius 2 is 2.00 bits per heavy atom. The molecule has 2 aromatic rings. The van der Waals surface area contributed by atoms with Crippen LogP contribution in [0.15, 0.2) is 40.9 Å². The predicted molar refractivity (Wildman–Crippen MR) is 83.7 cm³/mol. The molecule has 0 radical (unpaired) electrons. The zero-order valence-corrected chi connectivity index (χ0v) is 12.9. The fraction of sp³-hybridized carbons (Fsp3) is 0.143. The van der Waals surface area contributed by atoms with E-state index in [1.165, 1.54) is 6.07 Å². The summed E-state index contributed by atoms with van der Waals surface area (Å²) in [6.07, 6.45) is 0.390. The summed E-state index contributed by atoms with van der Waals surface area (Å²) in [4.78, 5) is 0. The topological polar surface area (TPSA) is 64.1 Å². The third kappa shape index (κ3) is 3.49. The summed E-state index contributed by atoms with van der Waals surface area (Å²) in [6.45, 7) is 0. The molecule has 0 aliphatic carbocycles. The summed E-state index contributed by atoms with van der Waals surface area (Å²) in [7, 11) is 0. The maximum absolute atomic E-state index is 13.9. The van der Waals surface area contributed by atoms with Gasteiger partial charge in [0.15, 0.2) is 0 Å². The summed E-state index contributed by atoms with van der Waals surface area (Å²) in [6, 6.07) is 9.82. The highest BCUT2D eigenvalue weighted by Gasteiger charge is 2.16. The second kappa shape index (κ2) is 6.54. The monoisotopic (exact) mass is 357 g/mol. The van der Waals surface area contributed by atoms with Crippen LogP contribution in [0.3, 0.4) is 0 Å². The Balaban J connectivity index is 2.28. The second-order valence-electron chi connectivity index (χ2n) is 4.43. The molecule has 2 rings (SSSR count). The number of nitrogen functional groups attached to an aromatic ring is 1. The smallest absolute Gasteiger partial charge is 0.127 e. The molecule has 20 heavy (non-hydrogen) atoms. The van der Waals surface area contributed by atoms with Crippen molar-refractivity contribution in [3.05, 3.63) is 62.8 Å². The number of nitrogens with one attached hydrogen (secondary N) is 1. The first kappa shape index (κ1) is 15.3. The maximum atomic E-state index is 13.9. The van der Waals surface area contributed by atoms with Crippen molar-refractivity contribution in [2.75, 3.05) is 5.73 Å². The van der Waals surface area contributed by atoms with Crippen molar-refractivity contribution in [1.29, 1.82) is 0 Å². The number of halogens is 3. The average Bonchev–Trinajstić information content (AvgIpc) is 2.39. The number of hydrogen-bond donors (Lipinski definition) is 3. The molecule has 0 fully saturated rings. The van der Waals surface area contributed by atoms with E-state index in [9.17, 15) is 4.39 Å². The minimum atomic E-state index is -0.289. The Morgan fingerprint density at radius 1 is 1.25 bits per heavy atom. The lowest BCUT2D eigenvalue weighted by Crippen LogP contribution is -2.30. The first-order valence-electron chi connectivity index (χ1n) is 5.96. The van der Waals surface area contributed by atoms with E-state index in [1.807, 2.05) is 0 Å². The van der Waals surface area contributed by atoms with Crippen molar-refractivity contribution in [1.82, 2.24) is 5.43 Å². The van der Waals surface area contributed by atoms with Gasteiger partial charge in [-0.2, -0.15) is 0 Å². The van der Waals surface area contributed by atoms with Crippen molar-refractivity contribution < 1.29 is 4.39 Å². The highest BCUT2D eigenvalue weighted by molar-refractivity contribution is 9.10. The van der Waals surface area contributed by atoms with Crippen LogP contribution in [0, 0.1) is 5.82 Å². The molecular formula is C14H14BrClFN3. The molecule has 1 unspecified atom stereocenters. The molecule has 0 saturated carbocycles. The lowest BCUT2D eigenvalue weighted by Gasteiger charge is -2.19. The molecular weight excluding hydrogens is 345 g/mol. The Hall–Kier alpha value is -1.14. The molecule has 0 bridgehead atoms. The van der Waals surface area contributed by atoms with Crippen molar-refractivity contribution in [3.8, 4) is 0 Å². The van der Waals surface area contributed by atoms with Gasteiger partial charge >= 0.3 is 0 Å². The van der Waals surface area contributed by atoms with Crippen LogP contribution in [0.4, 0.5) is 10.1 Å². The van der Waals surface area contributed by atoms with Crippen LogP contribution in [0.1, 0.15) is 17.2 Å². The van der Waals surface area contributed by atoms with Gasteiger partial charge in [-0.1, -0.05) is 39.7 Å². The second-order valence-corrected chi connectivity index (χ2v) is 5.78. The minimum Gasteiger partial charge on any atom is -0.398 e. The van der Waals surface area contributed by atoms with Gasteiger partial charge in [0.05, 0.1) is 6.04 Å². The molecule has 1 atom stereocenters. The fourth-order valence-electron chi connectivity index (χ4n) is 2.03. The van der Waals surface area contributed by atoms with E-state index < -0.39 is 0 Å². The molecule has 0 aliphatic rings. The third-order valence-electron chi connectivity index (χ3n) is 3.06. The Kier molecular flexibility index (Phi) is 4.99. The van der Waals surface area contributed by atoms with Gasteiger partial charge in [0, 0.05) is 15.2 Å². The highest BCUT2D eigenvalue weighted by Crippen LogP contribution is 2.27. The van der Waals surface area contributed by atoms with E-state index in [-0.39, 0.29) is 11.9 Å². The van der Waals surface area contributed by atoms with Gasteiger partial charge in [0.2, 0.25) is 0 Å². The fourth-order valence-corrected chi connectivity index (χ4v) is 2.54. The number of anilines is 1. The van der Waals surface area contributed by atoms with Crippen LogP contribution in [-0.4, -0.2) is 0 Å². The van der Waals surface area contributed by atoms with Crippen LogP contribution in [0.5, 0.6) is 0 Å². The first-order valence-corrected chi connectivity index (χ1v) is 7.13. The molecule has 0 aliphatic heterocycles. The number of nitrogens with two attached hydrogens (primary N) is 2. The summed E-state index contributed by atoms with van der Waals surface area (Å²) in [5, 5.41) is 0.553.